The zero-order valence-electron chi connectivity index (χ0n) is 31.0. The van der Waals surface area contributed by atoms with Gasteiger partial charge in [-0.25, -0.2) is 9.59 Å². The first kappa shape index (κ1) is 36.1. The van der Waals surface area contributed by atoms with Crippen molar-refractivity contribution in [2.75, 3.05) is 13.7 Å². The number of phenolic OH excluding ortho intramolecular Hbond substituents is 1. The molecule has 0 bridgehead atoms. The maximum atomic E-state index is 13.9. The van der Waals surface area contributed by atoms with Crippen LogP contribution in [0.5, 0.6) is 11.5 Å². The van der Waals surface area contributed by atoms with Crippen LogP contribution in [0.3, 0.4) is 0 Å². The lowest BCUT2D eigenvalue weighted by Gasteiger charge is -2.65. The summed E-state index contributed by atoms with van der Waals surface area (Å²) in [7, 11) is 1.49. The molecule has 0 radical (unpaired) electrons. The molecule has 286 valence electrons. The summed E-state index contributed by atoms with van der Waals surface area (Å²) in [6.45, 7) is 6.37. The molecule has 7 aliphatic rings. The molecule has 8 rings (SSSR count). The van der Waals surface area contributed by atoms with Crippen LogP contribution in [0.25, 0.3) is 0 Å². The monoisotopic (exact) mass is 733 g/mol. The summed E-state index contributed by atoms with van der Waals surface area (Å²) in [5, 5.41) is 45.9. The number of aliphatic carboxylic acids is 1. The standard InChI is InChI=1S/C41H51NO11/c1-20-27-19-53-38(49)34(27)35(46)26(36(20)51-4)7-6-24-13-21(37(47)48)14-32(44)42(24)25-9-11-39(2)23(16-25)5-8-29-30(39)17-31(43)40(3)28(10-12-41(29,40)50)22-15-33(45)52-18-22/h6,15,21,23,25,28-31,43,46,50H,5,7-14,16-19H2,1-4H3,(H,47,48)/b24-6-/t21-,23?,25+,28?,29?,30?,31?,39?,40?,41?/m0/s1. The van der Waals surface area contributed by atoms with Gasteiger partial charge in [0.15, 0.2) is 0 Å². The molecule has 12 nitrogen and oxygen atoms in total. The number of likely N-dealkylation sites (tertiary alicyclic amines) is 1. The van der Waals surface area contributed by atoms with Crippen LogP contribution < -0.4 is 4.74 Å². The number of hydrogen-bond acceptors (Lipinski definition) is 10. The van der Waals surface area contributed by atoms with Gasteiger partial charge in [-0.05, 0) is 105 Å². The zero-order valence-corrected chi connectivity index (χ0v) is 31.0. The third kappa shape index (κ3) is 5.13. The molecule has 8 unspecified atom stereocenters. The lowest BCUT2D eigenvalue weighted by Crippen LogP contribution is -2.67. The van der Waals surface area contributed by atoms with Gasteiger partial charge in [-0.15, -0.1) is 0 Å². The van der Waals surface area contributed by atoms with E-state index < -0.39 is 35.0 Å². The van der Waals surface area contributed by atoms with Crippen molar-refractivity contribution in [2.24, 2.45) is 40.4 Å². The Morgan fingerprint density at radius 2 is 1.81 bits per heavy atom. The van der Waals surface area contributed by atoms with Crippen molar-refractivity contribution in [3.05, 3.63) is 45.7 Å². The van der Waals surface area contributed by atoms with Crippen molar-refractivity contribution in [1.29, 1.82) is 0 Å². The third-order valence-electron chi connectivity index (χ3n) is 15.4. The van der Waals surface area contributed by atoms with Gasteiger partial charge in [0.05, 0.1) is 24.7 Å². The van der Waals surface area contributed by atoms with E-state index in [0.717, 1.165) is 31.3 Å². The molecule has 12 heteroatoms. The van der Waals surface area contributed by atoms with Crippen LogP contribution in [-0.4, -0.2) is 80.6 Å². The number of hydrogen-bond donors (Lipinski definition) is 4. The van der Waals surface area contributed by atoms with Gasteiger partial charge in [-0.2, -0.15) is 0 Å². The minimum absolute atomic E-state index is 0.00330. The van der Waals surface area contributed by atoms with Gasteiger partial charge in [0.25, 0.3) is 0 Å². The van der Waals surface area contributed by atoms with E-state index in [9.17, 15) is 39.6 Å². The molecule has 5 fully saturated rings. The second kappa shape index (κ2) is 12.6. The van der Waals surface area contributed by atoms with Gasteiger partial charge in [0.2, 0.25) is 5.91 Å². The first-order chi connectivity index (χ1) is 25.1. The van der Waals surface area contributed by atoms with Crippen LogP contribution in [0.1, 0.15) is 105 Å². The van der Waals surface area contributed by atoms with Crippen LogP contribution in [0.4, 0.5) is 0 Å². The summed E-state index contributed by atoms with van der Waals surface area (Å²) in [5.74, 6) is -2.74. The number of aromatic hydroxyl groups is 1. The Balaban J connectivity index is 1.07. The highest BCUT2D eigenvalue weighted by Crippen LogP contribution is 2.70. The molecule has 53 heavy (non-hydrogen) atoms. The maximum absolute atomic E-state index is 13.9. The van der Waals surface area contributed by atoms with Crippen LogP contribution in [0.2, 0.25) is 0 Å². The number of cyclic esters (lactones) is 2. The summed E-state index contributed by atoms with van der Waals surface area (Å²) in [6.07, 6.45) is 8.47. The van der Waals surface area contributed by atoms with Crippen LogP contribution in [0.15, 0.2) is 23.4 Å². The number of fused-ring (bicyclic) bond motifs is 6. The predicted octanol–water partition coefficient (Wildman–Crippen LogP) is 4.73. The Labute approximate surface area is 309 Å². The fourth-order valence-corrected chi connectivity index (χ4v) is 12.5. The Kier molecular flexibility index (Phi) is 8.57. The molecular weight excluding hydrogens is 682 g/mol. The number of aliphatic hydroxyl groups is 2. The Bertz CT molecular complexity index is 1850. The third-order valence-corrected chi connectivity index (χ3v) is 15.4. The van der Waals surface area contributed by atoms with E-state index in [-0.39, 0.29) is 90.8 Å². The Morgan fingerprint density at radius 3 is 2.51 bits per heavy atom. The largest absolute Gasteiger partial charge is 0.507 e. The molecule has 4 saturated carbocycles. The number of nitrogens with zero attached hydrogens (tertiary/aromatic N) is 1. The molecule has 1 saturated heterocycles. The number of allylic oxidation sites excluding steroid dienone is 2. The number of carboxylic acids is 1. The summed E-state index contributed by atoms with van der Waals surface area (Å²) in [5.41, 5.74) is 1.18. The van der Waals surface area contributed by atoms with E-state index in [1.807, 2.05) is 17.9 Å². The summed E-state index contributed by atoms with van der Waals surface area (Å²) in [4.78, 5) is 52.5. The molecule has 1 aromatic rings. The number of methoxy groups -OCH3 is 1. The van der Waals surface area contributed by atoms with E-state index in [4.69, 9.17) is 14.2 Å². The van der Waals surface area contributed by atoms with Crippen molar-refractivity contribution in [3.8, 4) is 11.5 Å². The van der Waals surface area contributed by atoms with E-state index in [2.05, 4.69) is 6.92 Å². The summed E-state index contributed by atoms with van der Waals surface area (Å²) >= 11 is 0. The highest BCUT2D eigenvalue weighted by molar-refractivity contribution is 5.98. The highest BCUT2D eigenvalue weighted by atomic mass is 16.5. The van der Waals surface area contributed by atoms with Crippen LogP contribution in [0, 0.1) is 47.3 Å². The van der Waals surface area contributed by atoms with Crippen LogP contribution >= 0.6 is 0 Å². The first-order valence-corrected chi connectivity index (χ1v) is 19.2. The van der Waals surface area contributed by atoms with E-state index in [1.54, 1.807) is 13.0 Å². The molecule has 3 aliphatic heterocycles. The minimum Gasteiger partial charge on any atom is -0.507 e. The number of benzene rings is 1. The first-order valence-electron chi connectivity index (χ1n) is 19.2. The number of amides is 1. The minimum atomic E-state index is -1.08. The number of piperidine rings is 1. The van der Waals surface area contributed by atoms with Crippen molar-refractivity contribution in [1.82, 2.24) is 4.90 Å². The molecule has 10 atom stereocenters. The van der Waals surface area contributed by atoms with Gasteiger partial charge in [-0.1, -0.05) is 19.9 Å². The molecule has 1 amide bonds. The molecule has 0 aromatic heterocycles. The molecule has 3 heterocycles. The molecule has 4 aliphatic carbocycles. The topological polar surface area (TPSA) is 180 Å². The number of carbonyl (C=O) groups is 4. The Hall–Kier alpha value is -3.90. The van der Waals surface area contributed by atoms with Crippen molar-refractivity contribution >= 4 is 23.8 Å². The van der Waals surface area contributed by atoms with Gasteiger partial charge in [-0.3, -0.25) is 9.59 Å². The van der Waals surface area contributed by atoms with Crippen LogP contribution in [-0.2, 0) is 36.9 Å². The number of phenols is 1. The van der Waals surface area contributed by atoms with E-state index in [1.165, 1.54) is 7.11 Å². The van der Waals surface area contributed by atoms with Gasteiger partial charge in [0, 0.05) is 47.2 Å². The number of ether oxygens (including phenoxy) is 3. The smallest absolute Gasteiger partial charge is 0.342 e. The molecule has 0 spiro atoms. The highest BCUT2D eigenvalue weighted by Gasteiger charge is 2.71. The summed E-state index contributed by atoms with van der Waals surface area (Å²) in [6, 6.07) is -0.157. The summed E-state index contributed by atoms with van der Waals surface area (Å²) < 4.78 is 16.1. The Morgan fingerprint density at radius 1 is 1.04 bits per heavy atom. The van der Waals surface area contributed by atoms with Gasteiger partial charge >= 0.3 is 17.9 Å². The number of rotatable bonds is 6. The van der Waals surface area contributed by atoms with E-state index in [0.29, 0.717) is 53.8 Å². The normalized spacial score (nSPS) is 39.8. The van der Waals surface area contributed by atoms with Gasteiger partial charge < -0.3 is 39.5 Å². The average Bonchev–Trinajstić information content (AvgIpc) is 3.81. The fraction of sp³-hybridized carbons (Fsp3) is 0.659. The second-order valence-corrected chi connectivity index (χ2v) is 17.3. The van der Waals surface area contributed by atoms with Crippen molar-refractivity contribution < 1.29 is 53.8 Å². The maximum Gasteiger partial charge on any atom is 0.342 e. The number of carbonyl (C=O) groups excluding carboxylic acids is 3. The zero-order chi connectivity index (χ0) is 37.8. The quantitative estimate of drug-likeness (QED) is 0.297. The molecule has 1 aromatic carbocycles. The lowest BCUT2D eigenvalue weighted by molar-refractivity contribution is -0.243. The second-order valence-electron chi connectivity index (χ2n) is 17.3. The van der Waals surface area contributed by atoms with Gasteiger partial charge in [0.1, 0.15) is 30.3 Å². The molecular formula is C41H51NO11. The van der Waals surface area contributed by atoms with Crippen molar-refractivity contribution in [2.45, 2.75) is 116 Å². The number of carboxylic acid groups (broad SMARTS) is 1. The average molecular weight is 734 g/mol. The predicted molar refractivity (Wildman–Crippen MR) is 188 cm³/mol. The van der Waals surface area contributed by atoms with Crippen molar-refractivity contribution in [3.63, 3.8) is 0 Å². The lowest BCUT2D eigenvalue weighted by atomic mass is 9.42. The number of esters is 2. The fourth-order valence-electron chi connectivity index (χ4n) is 12.5. The SMILES string of the molecule is COc1c(C)c2c(c(O)c1C/C=C1/C[C@H](C(=O)O)CC(=O)N1[C@@H]1CCC3(C)C(CCC4C3CC(O)C3(C)C(C5=CC(=O)OC5)CCC43O)C1)C(=O)OC2. The number of aliphatic hydroxyl groups excluding tert-OH is 1. The van der Waals surface area contributed by atoms with E-state index >= 15 is 0 Å². The molecule has 4 N–H and O–H groups in total.